The van der Waals surface area contributed by atoms with E-state index in [9.17, 15) is 22.0 Å². The van der Waals surface area contributed by atoms with Crippen LogP contribution in [0.15, 0.2) is 18.2 Å². The second-order valence-electron chi connectivity index (χ2n) is 5.20. The van der Waals surface area contributed by atoms with Gasteiger partial charge in [0.2, 0.25) is 15.9 Å². The van der Waals surface area contributed by atoms with Gasteiger partial charge in [-0.15, -0.1) is 0 Å². The lowest BCUT2D eigenvalue weighted by Gasteiger charge is -2.23. The maximum atomic E-state index is 13.6. The Kier molecular flexibility index (Phi) is 5.12. The van der Waals surface area contributed by atoms with Gasteiger partial charge in [0.05, 0.1) is 11.4 Å². The van der Waals surface area contributed by atoms with E-state index in [1.165, 1.54) is 4.31 Å². The fourth-order valence-corrected chi connectivity index (χ4v) is 4.26. The minimum Gasteiger partial charge on any atom is -0.322 e. The lowest BCUT2D eigenvalue weighted by molar-refractivity contribution is -0.119. The van der Waals surface area contributed by atoms with Crippen molar-refractivity contribution in [2.75, 3.05) is 17.6 Å². The van der Waals surface area contributed by atoms with Gasteiger partial charge in [-0.05, 0) is 31.4 Å². The van der Waals surface area contributed by atoms with Crippen molar-refractivity contribution in [2.45, 2.75) is 32.2 Å². The Morgan fingerprint density at radius 2 is 2.14 bits per heavy atom. The first-order chi connectivity index (χ1) is 10.3. The molecule has 8 heteroatoms. The van der Waals surface area contributed by atoms with Crippen molar-refractivity contribution in [3.05, 3.63) is 29.8 Å². The summed E-state index contributed by atoms with van der Waals surface area (Å²) in [5.74, 6) is -2.26. The van der Waals surface area contributed by atoms with Gasteiger partial charge in [0, 0.05) is 12.6 Å². The Morgan fingerprint density at radius 3 is 2.77 bits per heavy atom. The highest BCUT2D eigenvalue weighted by molar-refractivity contribution is 7.89. The number of anilines is 1. The fraction of sp³-hybridized carbons (Fsp3) is 0.500. The number of nitrogens with one attached hydrogen (secondary N) is 1. The first kappa shape index (κ1) is 16.8. The molecular formula is C14H18F2N2O3S. The second-order valence-corrected chi connectivity index (χ2v) is 7.24. The third-order valence-electron chi connectivity index (χ3n) is 3.51. The molecule has 0 spiro atoms. The molecule has 122 valence electrons. The van der Waals surface area contributed by atoms with Crippen molar-refractivity contribution in [1.82, 2.24) is 4.31 Å². The van der Waals surface area contributed by atoms with E-state index in [0.29, 0.717) is 25.3 Å². The van der Waals surface area contributed by atoms with Crippen LogP contribution < -0.4 is 5.32 Å². The van der Waals surface area contributed by atoms with Gasteiger partial charge in [0.15, 0.2) is 0 Å². The third kappa shape index (κ3) is 3.61. The minimum atomic E-state index is -3.49. The van der Waals surface area contributed by atoms with Gasteiger partial charge in [-0.3, -0.25) is 4.79 Å². The largest absolute Gasteiger partial charge is 0.322 e. The van der Waals surface area contributed by atoms with Crippen LogP contribution in [-0.2, 0) is 14.8 Å². The van der Waals surface area contributed by atoms with Crippen molar-refractivity contribution < 1.29 is 22.0 Å². The van der Waals surface area contributed by atoms with E-state index in [4.69, 9.17) is 0 Å². The van der Waals surface area contributed by atoms with Crippen LogP contribution in [0.3, 0.4) is 0 Å². The van der Waals surface area contributed by atoms with Crippen LogP contribution in [0.2, 0.25) is 0 Å². The Labute approximate surface area is 128 Å². The molecule has 1 aliphatic rings. The summed E-state index contributed by atoms with van der Waals surface area (Å²) < 4.78 is 51.9. The van der Waals surface area contributed by atoms with Gasteiger partial charge in [0.1, 0.15) is 17.7 Å². The first-order valence-electron chi connectivity index (χ1n) is 7.10. The third-order valence-corrected chi connectivity index (χ3v) is 5.59. The zero-order chi connectivity index (χ0) is 16.3. The molecule has 0 aliphatic carbocycles. The Hall–Kier alpha value is -1.54. The molecule has 2 rings (SSSR count). The number of hydrogen-bond acceptors (Lipinski definition) is 3. The van der Waals surface area contributed by atoms with Gasteiger partial charge < -0.3 is 5.32 Å². The number of sulfonamides is 1. The van der Waals surface area contributed by atoms with Crippen LogP contribution in [0.4, 0.5) is 14.5 Å². The summed E-state index contributed by atoms with van der Waals surface area (Å²) in [6.07, 6.45) is 1.42. The number of hydrogen-bond donors (Lipinski definition) is 1. The molecule has 5 nitrogen and oxygen atoms in total. The molecule has 1 saturated heterocycles. The summed E-state index contributed by atoms with van der Waals surface area (Å²) in [5.41, 5.74) is -0.161. The molecule has 1 aromatic carbocycles. The SMILES string of the molecule is CCCS(=O)(=O)N1CCCC1C(=O)Nc1ccc(F)cc1F. The van der Waals surface area contributed by atoms with E-state index in [-0.39, 0.29) is 18.0 Å². The van der Waals surface area contributed by atoms with Gasteiger partial charge in [-0.1, -0.05) is 6.92 Å². The van der Waals surface area contributed by atoms with Crippen molar-refractivity contribution in [3.8, 4) is 0 Å². The molecule has 0 bridgehead atoms. The summed E-state index contributed by atoms with van der Waals surface area (Å²) in [7, 11) is -3.49. The van der Waals surface area contributed by atoms with E-state index >= 15 is 0 Å². The van der Waals surface area contributed by atoms with E-state index in [1.807, 2.05) is 0 Å². The molecule has 22 heavy (non-hydrogen) atoms. The Bertz CT molecular complexity index is 664. The number of rotatable bonds is 5. The summed E-state index contributed by atoms with van der Waals surface area (Å²) in [6, 6.07) is 1.96. The van der Waals surface area contributed by atoms with E-state index in [2.05, 4.69) is 5.32 Å². The average molecular weight is 332 g/mol. The highest BCUT2D eigenvalue weighted by Gasteiger charge is 2.38. The number of nitrogens with zero attached hydrogens (tertiary/aromatic N) is 1. The molecule has 1 N–H and O–H groups in total. The second kappa shape index (κ2) is 6.70. The van der Waals surface area contributed by atoms with E-state index < -0.39 is 33.6 Å². The molecule has 0 saturated carbocycles. The molecule has 1 heterocycles. The standard InChI is InChI=1S/C14H18F2N2O3S/c1-2-8-22(20,21)18-7-3-4-13(18)14(19)17-12-6-5-10(15)9-11(12)16/h5-6,9,13H,2-4,7-8H2,1H3,(H,17,19). The highest BCUT2D eigenvalue weighted by Crippen LogP contribution is 2.24. The summed E-state index contributed by atoms with van der Waals surface area (Å²) in [4.78, 5) is 12.2. The fourth-order valence-electron chi connectivity index (χ4n) is 2.52. The topological polar surface area (TPSA) is 66.5 Å². The minimum absolute atomic E-state index is 0.0261. The lowest BCUT2D eigenvalue weighted by Crippen LogP contribution is -2.44. The number of halogens is 2. The quantitative estimate of drug-likeness (QED) is 0.898. The van der Waals surface area contributed by atoms with E-state index in [1.54, 1.807) is 6.92 Å². The monoisotopic (exact) mass is 332 g/mol. The van der Waals surface area contributed by atoms with Crippen LogP contribution in [0.5, 0.6) is 0 Å². The predicted octanol–water partition coefficient (Wildman–Crippen LogP) is 2.11. The zero-order valence-electron chi connectivity index (χ0n) is 12.2. The number of amides is 1. The van der Waals surface area contributed by atoms with Gasteiger partial charge in [0.25, 0.3) is 0 Å². The van der Waals surface area contributed by atoms with Crippen LogP contribution >= 0.6 is 0 Å². The maximum absolute atomic E-state index is 13.6. The summed E-state index contributed by atoms with van der Waals surface area (Å²) in [5, 5.41) is 2.34. The summed E-state index contributed by atoms with van der Waals surface area (Å²) >= 11 is 0. The maximum Gasteiger partial charge on any atom is 0.242 e. The van der Waals surface area contributed by atoms with Crippen molar-refractivity contribution in [2.24, 2.45) is 0 Å². The molecule has 0 radical (unpaired) electrons. The van der Waals surface area contributed by atoms with Crippen LogP contribution in [0, 0.1) is 11.6 Å². The normalized spacial score (nSPS) is 19.3. The van der Waals surface area contributed by atoms with Crippen molar-refractivity contribution in [1.29, 1.82) is 0 Å². The molecule has 1 amide bonds. The first-order valence-corrected chi connectivity index (χ1v) is 8.71. The molecule has 1 aromatic rings. The van der Waals surface area contributed by atoms with Crippen molar-refractivity contribution in [3.63, 3.8) is 0 Å². The van der Waals surface area contributed by atoms with E-state index in [0.717, 1.165) is 12.1 Å². The number of carbonyl (C=O) groups excluding carboxylic acids is 1. The Morgan fingerprint density at radius 1 is 1.41 bits per heavy atom. The van der Waals surface area contributed by atoms with Crippen LogP contribution in [0.25, 0.3) is 0 Å². The zero-order valence-corrected chi connectivity index (χ0v) is 13.0. The molecule has 1 aliphatic heterocycles. The highest BCUT2D eigenvalue weighted by atomic mass is 32.2. The van der Waals surface area contributed by atoms with Crippen LogP contribution in [-0.4, -0.2) is 37.0 Å². The van der Waals surface area contributed by atoms with Gasteiger partial charge >= 0.3 is 0 Å². The molecule has 1 fully saturated rings. The molecular weight excluding hydrogens is 314 g/mol. The van der Waals surface area contributed by atoms with Crippen LogP contribution in [0.1, 0.15) is 26.2 Å². The molecule has 0 aromatic heterocycles. The van der Waals surface area contributed by atoms with Gasteiger partial charge in [-0.25, -0.2) is 17.2 Å². The molecule has 1 atom stereocenters. The van der Waals surface area contributed by atoms with Gasteiger partial charge in [-0.2, -0.15) is 4.31 Å². The lowest BCUT2D eigenvalue weighted by atomic mass is 10.2. The molecule has 1 unspecified atom stereocenters. The van der Waals surface area contributed by atoms with Crippen molar-refractivity contribution >= 4 is 21.6 Å². The predicted molar refractivity (Wildman–Crippen MR) is 78.8 cm³/mol. The smallest absolute Gasteiger partial charge is 0.242 e. The number of benzene rings is 1. The number of carbonyl (C=O) groups is 1. The average Bonchev–Trinajstić information content (AvgIpc) is 2.92. The Balaban J connectivity index is 2.14. The summed E-state index contributed by atoms with van der Waals surface area (Å²) in [6.45, 7) is 2.03.